The first-order chi connectivity index (χ1) is 9.85. The van der Waals surface area contributed by atoms with Gasteiger partial charge >= 0.3 is 0 Å². The van der Waals surface area contributed by atoms with E-state index in [1.54, 1.807) is 0 Å². The lowest BCUT2D eigenvalue weighted by Gasteiger charge is -2.31. The van der Waals surface area contributed by atoms with Crippen LogP contribution in [0.25, 0.3) is 0 Å². The molecule has 7 N–H and O–H groups in total. The Bertz CT molecular complexity index is 455. The second kappa shape index (κ2) is 7.91. The SMILES string of the molecule is CCNC(=S)NC1C=C(C(=O)NCC(N)=O)CC(O)C1O. The number of thiocarbonyl (C=S) groups is 1. The van der Waals surface area contributed by atoms with Crippen molar-refractivity contribution >= 4 is 29.1 Å². The van der Waals surface area contributed by atoms with E-state index in [2.05, 4.69) is 16.0 Å². The number of carbonyl (C=O) groups excluding carboxylic acids is 2. The van der Waals surface area contributed by atoms with Crippen LogP contribution in [0.15, 0.2) is 11.6 Å². The molecule has 0 fully saturated rings. The summed E-state index contributed by atoms with van der Waals surface area (Å²) in [7, 11) is 0. The Kier molecular flexibility index (Phi) is 6.53. The predicted octanol–water partition coefficient (Wildman–Crippen LogP) is -2.51. The van der Waals surface area contributed by atoms with E-state index < -0.39 is 30.1 Å². The number of carbonyl (C=O) groups is 2. The summed E-state index contributed by atoms with van der Waals surface area (Å²) >= 11 is 5.01. The fraction of sp³-hybridized carbons (Fsp3) is 0.583. The van der Waals surface area contributed by atoms with Gasteiger partial charge in [0.05, 0.1) is 18.7 Å². The Morgan fingerprint density at radius 3 is 2.67 bits per heavy atom. The number of primary amides is 1. The Morgan fingerprint density at radius 2 is 2.10 bits per heavy atom. The molecule has 0 radical (unpaired) electrons. The molecule has 9 heteroatoms. The van der Waals surface area contributed by atoms with Crippen molar-refractivity contribution in [3.05, 3.63) is 11.6 Å². The summed E-state index contributed by atoms with van der Waals surface area (Å²) in [4.78, 5) is 22.5. The van der Waals surface area contributed by atoms with Crippen LogP contribution in [0.1, 0.15) is 13.3 Å². The van der Waals surface area contributed by atoms with E-state index in [9.17, 15) is 19.8 Å². The van der Waals surface area contributed by atoms with Gasteiger partial charge in [0.2, 0.25) is 11.8 Å². The average Bonchev–Trinajstić information content (AvgIpc) is 2.41. The Hall–Kier alpha value is -1.71. The minimum Gasteiger partial charge on any atom is -0.390 e. The number of nitrogens with two attached hydrogens (primary N) is 1. The standard InChI is InChI=1S/C12H20N4O4S/c1-2-14-12(21)16-7-3-6(4-8(17)10(7)19)11(20)15-5-9(13)18/h3,7-8,10,17,19H,2,4-5H2,1H3,(H2,13,18)(H,15,20)(H2,14,16,21). The van der Waals surface area contributed by atoms with Crippen LogP contribution in [-0.2, 0) is 9.59 Å². The van der Waals surface area contributed by atoms with Crippen molar-refractivity contribution in [1.82, 2.24) is 16.0 Å². The maximum atomic E-state index is 11.9. The van der Waals surface area contributed by atoms with E-state index in [0.29, 0.717) is 11.7 Å². The molecule has 0 spiro atoms. The van der Waals surface area contributed by atoms with Gasteiger partial charge in [-0.25, -0.2) is 0 Å². The van der Waals surface area contributed by atoms with Crippen LogP contribution in [0.5, 0.6) is 0 Å². The second-order valence-corrected chi connectivity index (χ2v) is 5.04. The molecule has 8 nitrogen and oxygen atoms in total. The Labute approximate surface area is 127 Å². The number of nitrogens with one attached hydrogen (secondary N) is 3. The second-order valence-electron chi connectivity index (χ2n) is 4.63. The average molecular weight is 316 g/mol. The largest absolute Gasteiger partial charge is 0.390 e. The van der Waals surface area contributed by atoms with Gasteiger partial charge in [0.1, 0.15) is 6.10 Å². The highest BCUT2D eigenvalue weighted by Crippen LogP contribution is 2.19. The summed E-state index contributed by atoms with van der Waals surface area (Å²) in [5.41, 5.74) is 5.20. The number of aliphatic hydroxyl groups excluding tert-OH is 2. The van der Waals surface area contributed by atoms with Crippen LogP contribution in [0.3, 0.4) is 0 Å². The van der Waals surface area contributed by atoms with Gasteiger partial charge in [-0.3, -0.25) is 9.59 Å². The van der Waals surface area contributed by atoms with Crippen molar-refractivity contribution in [3.63, 3.8) is 0 Å². The maximum Gasteiger partial charge on any atom is 0.247 e. The van der Waals surface area contributed by atoms with Gasteiger partial charge in [0, 0.05) is 18.5 Å². The van der Waals surface area contributed by atoms with E-state index in [1.807, 2.05) is 6.92 Å². The topological polar surface area (TPSA) is 137 Å². The number of amides is 2. The van der Waals surface area contributed by atoms with Gasteiger partial charge in [-0.1, -0.05) is 6.08 Å². The van der Waals surface area contributed by atoms with E-state index in [0.717, 1.165) is 0 Å². The van der Waals surface area contributed by atoms with Crippen molar-refractivity contribution in [2.75, 3.05) is 13.1 Å². The minimum absolute atomic E-state index is 0.0160. The molecule has 2 amide bonds. The first-order valence-electron chi connectivity index (χ1n) is 6.52. The number of hydrogen-bond donors (Lipinski definition) is 6. The highest BCUT2D eigenvalue weighted by atomic mass is 32.1. The van der Waals surface area contributed by atoms with Gasteiger partial charge in [-0.05, 0) is 19.1 Å². The highest BCUT2D eigenvalue weighted by Gasteiger charge is 2.33. The molecule has 1 rings (SSSR count). The lowest BCUT2D eigenvalue weighted by molar-refractivity contribution is -0.123. The summed E-state index contributed by atoms with van der Waals surface area (Å²) in [6, 6.07) is -0.699. The quantitative estimate of drug-likeness (QED) is 0.308. The summed E-state index contributed by atoms with van der Waals surface area (Å²) in [5.74, 6) is -1.18. The first-order valence-corrected chi connectivity index (χ1v) is 6.93. The fourth-order valence-electron chi connectivity index (χ4n) is 1.91. The molecule has 0 bridgehead atoms. The molecule has 0 saturated carbocycles. The zero-order chi connectivity index (χ0) is 16.0. The molecule has 1 aliphatic rings. The third-order valence-corrected chi connectivity index (χ3v) is 3.18. The van der Waals surface area contributed by atoms with Crippen molar-refractivity contribution < 1.29 is 19.8 Å². The zero-order valence-electron chi connectivity index (χ0n) is 11.6. The lowest BCUT2D eigenvalue weighted by atomic mass is 9.90. The van der Waals surface area contributed by atoms with Crippen molar-refractivity contribution in [2.24, 2.45) is 5.73 Å². The van der Waals surface area contributed by atoms with E-state index in [4.69, 9.17) is 18.0 Å². The molecule has 118 valence electrons. The van der Waals surface area contributed by atoms with Crippen LogP contribution < -0.4 is 21.7 Å². The van der Waals surface area contributed by atoms with Crippen molar-refractivity contribution in [3.8, 4) is 0 Å². The molecule has 3 atom stereocenters. The molecule has 3 unspecified atom stereocenters. The van der Waals surface area contributed by atoms with Gasteiger partial charge in [-0.15, -0.1) is 0 Å². The molecule has 0 aromatic heterocycles. The van der Waals surface area contributed by atoms with Gasteiger partial charge in [-0.2, -0.15) is 0 Å². The van der Waals surface area contributed by atoms with Crippen LogP contribution >= 0.6 is 12.2 Å². The predicted molar refractivity (Wildman–Crippen MR) is 80.1 cm³/mol. The number of rotatable bonds is 5. The molecule has 0 aliphatic heterocycles. The molecule has 0 heterocycles. The normalized spacial score (nSPS) is 24.7. The molecule has 0 saturated heterocycles. The summed E-state index contributed by atoms with van der Waals surface area (Å²) in [5, 5.41) is 28.0. The molecular weight excluding hydrogens is 296 g/mol. The van der Waals surface area contributed by atoms with Gasteiger partial charge in [0.25, 0.3) is 0 Å². The van der Waals surface area contributed by atoms with Gasteiger partial charge in [0.15, 0.2) is 5.11 Å². The molecular formula is C12H20N4O4S. The molecule has 0 aromatic carbocycles. The maximum absolute atomic E-state index is 11.9. The zero-order valence-corrected chi connectivity index (χ0v) is 12.4. The first kappa shape index (κ1) is 17.3. The van der Waals surface area contributed by atoms with Crippen LogP contribution in [0.4, 0.5) is 0 Å². The smallest absolute Gasteiger partial charge is 0.247 e. The summed E-state index contributed by atoms with van der Waals surface area (Å²) < 4.78 is 0. The number of aliphatic hydroxyl groups is 2. The van der Waals surface area contributed by atoms with Crippen molar-refractivity contribution in [1.29, 1.82) is 0 Å². The Morgan fingerprint density at radius 1 is 1.43 bits per heavy atom. The molecule has 21 heavy (non-hydrogen) atoms. The Balaban J connectivity index is 2.76. The summed E-state index contributed by atoms with van der Waals surface area (Å²) in [6.07, 6.45) is -0.726. The summed E-state index contributed by atoms with van der Waals surface area (Å²) in [6.45, 7) is 2.17. The van der Waals surface area contributed by atoms with E-state index in [-0.39, 0.29) is 18.5 Å². The number of hydrogen-bond acceptors (Lipinski definition) is 5. The third kappa shape index (κ3) is 5.29. The monoisotopic (exact) mass is 316 g/mol. The van der Waals surface area contributed by atoms with Crippen molar-refractivity contribution in [2.45, 2.75) is 31.6 Å². The lowest BCUT2D eigenvalue weighted by Crippen LogP contribution is -2.53. The molecule has 0 aromatic rings. The fourth-order valence-corrected chi connectivity index (χ4v) is 2.19. The third-order valence-electron chi connectivity index (χ3n) is 2.92. The highest BCUT2D eigenvalue weighted by molar-refractivity contribution is 7.80. The van der Waals surface area contributed by atoms with Crippen LogP contribution in [0, 0.1) is 0 Å². The van der Waals surface area contributed by atoms with E-state index >= 15 is 0 Å². The minimum atomic E-state index is -1.11. The van der Waals surface area contributed by atoms with E-state index in [1.165, 1.54) is 6.08 Å². The van der Waals surface area contributed by atoms with Crippen LogP contribution in [-0.4, -0.2) is 58.5 Å². The van der Waals surface area contributed by atoms with Crippen LogP contribution in [0.2, 0.25) is 0 Å². The molecule has 1 aliphatic carbocycles. The van der Waals surface area contributed by atoms with Gasteiger partial charge < -0.3 is 31.9 Å².